The number of hydrogen-bond acceptors (Lipinski definition) is 5. The van der Waals surface area contributed by atoms with E-state index in [0.717, 1.165) is 0 Å². The van der Waals surface area contributed by atoms with E-state index < -0.39 is 15.8 Å². The fraction of sp³-hybridized carbons (Fsp3) is 0.462. The number of hydrogen-bond donors (Lipinski definition) is 1. The lowest BCUT2D eigenvalue weighted by atomic mass is 10.1. The first-order valence-corrected chi connectivity index (χ1v) is 8.15. The highest BCUT2D eigenvalue weighted by atomic mass is 32.2. The van der Waals surface area contributed by atoms with Gasteiger partial charge >= 0.3 is 5.76 Å². The molecule has 0 unspecified atom stereocenters. The van der Waals surface area contributed by atoms with Crippen LogP contribution in [0.2, 0.25) is 0 Å². The maximum Gasteiger partial charge on any atom is 0.419 e. The monoisotopic (exact) mass is 312 g/mol. The number of benzene rings is 1. The quantitative estimate of drug-likeness (QED) is 0.895. The van der Waals surface area contributed by atoms with Gasteiger partial charge in [0.25, 0.3) is 0 Å². The fourth-order valence-electron chi connectivity index (χ4n) is 2.38. The summed E-state index contributed by atoms with van der Waals surface area (Å²) in [6, 6.07) is 4.29. The van der Waals surface area contributed by atoms with Crippen LogP contribution >= 0.6 is 0 Å². The van der Waals surface area contributed by atoms with Crippen molar-refractivity contribution in [1.29, 1.82) is 0 Å². The second-order valence-corrected chi connectivity index (χ2v) is 6.78. The van der Waals surface area contributed by atoms with E-state index in [1.807, 2.05) is 0 Å². The number of nitrogens with zero attached hydrogens (tertiary/aromatic N) is 1. The Balaban J connectivity index is 1.92. The average molecular weight is 312 g/mol. The zero-order valence-corrected chi connectivity index (χ0v) is 12.4. The van der Waals surface area contributed by atoms with Gasteiger partial charge in [0.05, 0.1) is 10.4 Å². The van der Waals surface area contributed by atoms with Gasteiger partial charge in [0.15, 0.2) is 5.58 Å². The van der Waals surface area contributed by atoms with Gasteiger partial charge in [-0.05, 0) is 25.0 Å². The summed E-state index contributed by atoms with van der Waals surface area (Å²) in [5, 5.41) is 0. The van der Waals surface area contributed by atoms with Gasteiger partial charge < -0.3 is 9.15 Å². The normalized spacial score (nSPS) is 17.4. The molecule has 2 aromatic rings. The molecule has 0 radical (unpaired) electrons. The fourth-order valence-corrected chi connectivity index (χ4v) is 3.70. The third kappa shape index (κ3) is 2.74. The number of sulfonamides is 1. The molecule has 3 rings (SSSR count). The van der Waals surface area contributed by atoms with Crippen molar-refractivity contribution >= 4 is 21.1 Å². The highest BCUT2D eigenvalue weighted by Crippen LogP contribution is 2.19. The maximum atomic E-state index is 12.4. The van der Waals surface area contributed by atoms with Crippen LogP contribution in [0.1, 0.15) is 12.8 Å². The van der Waals surface area contributed by atoms with Crippen LogP contribution in [-0.2, 0) is 21.8 Å². The van der Waals surface area contributed by atoms with Gasteiger partial charge in [0, 0.05) is 32.4 Å². The number of fused-ring (bicyclic) bond motifs is 1. The molecule has 0 bridgehead atoms. The highest BCUT2D eigenvalue weighted by Gasteiger charge is 2.23. The largest absolute Gasteiger partial charge is 0.419 e. The molecular weight excluding hydrogens is 296 g/mol. The first-order valence-electron chi connectivity index (χ1n) is 6.67. The van der Waals surface area contributed by atoms with Crippen LogP contribution in [0.15, 0.2) is 32.3 Å². The van der Waals surface area contributed by atoms with Gasteiger partial charge in [-0.2, -0.15) is 0 Å². The van der Waals surface area contributed by atoms with E-state index in [2.05, 4.69) is 4.72 Å². The van der Waals surface area contributed by atoms with E-state index >= 15 is 0 Å². The lowest BCUT2D eigenvalue weighted by Gasteiger charge is -2.22. The lowest BCUT2D eigenvalue weighted by Crippen LogP contribution is -2.38. The number of oxazole rings is 1. The number of rotatable bonds is 3. The molecular formula is C13H16N2O5S. The second kappa shape index (κ2) is 5.28. The van der Waals surface area contributed by atoms with E-state index in [1.165, 1.54) is 16.7 Å². The van der Waals surface area contributed by atoms with Crippen molar-refractivity contribution in [2.45, 2.75) is 23.8 Å². The van der Waals surface area contributed by atoms with Crippen LogP contribution < -0.4 is 10.5 Å². The van der Waals surface area contributed by atoms with Crippen LogP contribution in [0.5, 0.6) is 0 Å². The topological polar surface area (TPSA) is 90.5 Å². The van der Waals surface area contributed by atoms with Gasteiger partial charge in [-0.25, -0.2) is 17.9 Å². The molecule has 7 nitrogen and oxygen atoms in total. The molecule has 0 spiro atoms. The van der Waals surface area contributed by atoms with Crippen LogP contribution in [0.25, 0.3) is 11.1 Å². The third-order valence-corrected chi connectivity index (χ3v) is 5.14. The minimum Gasteiger partial charge on any atom is -0.408 e. The third-order valence-electron chi connectivity index (χ3n) is 3.62. The summed E-state index contributed by atoms with van der Waals surface area (Å²) in [6.07, 6.45) is 1.31. The second-order valence-electron chi connectivity index (χ2n) is 5.06. The van der Waals surface area contributed by atoms with Crippen LogP contribution in [0.3, 0.4) is 0 Å². The van der Waals surface area contributed by atoms with Crippen LogP contribution in [-0.4, -0.2) is 32.2 Å². The summed E-state index contributed by atoms with van der Waals surface area (Å²) < 4.78 is 38.9. The van der Waals surface area contributed by atoms with Crippen LogP contribution in [0, 0.1) is 0 Å². The van der Waals surface area contributed by atoms with Crippen molar-refractivity contribution in [1.82, 2.24) is 9.29 Å². The Labute approximate surface area is 121 Å². The Kier molecular flexibility index (Phi) is 3.60. The van der Waals surface area contributed by atoms with E-state index in [1.54, 1.807) is 13.1 Å². The minimum absolute atomic E-state index is 0.0934. The van der Waals surface area contributed by atoms with Crippen molar-refractivity contribution in [3.8, 4) is 0 Å². The standard InChI is InChI=1S/C13H16N2O5S/c1-15-11-3-2-10(8-12(11)20-13(15)16)21(17,18)14-9-4-6-19-7-5-9/h2-3,8-9,14H,4-7H2,1H3. The Bertz CT molecular complexity index is 815. The average Bonchev–Trinajstić information content (AvgIpc) is 2.74. The SMILES string of the molecule is Cn1c(=O)oc2cc(S(=O)(=O)NC3CCOCC3)ccc21. The van der Waals surface area contributed by atoms with E-state index in [9.17, 15) is 13.2 Å². The lowest BCUT2D eigenvalue weighted by molar-refractivity contribution is 0.0832. The van der Waals surface area contributed by atoms with Gasteiger partial charge in [-0.1, -0.05) is 0 Å². The first kappa shape index (κ1) is 14.3. The first-order chi connectivity index (χ1) is 9.97. The summed E-state index contributed by atoms with van der Waals surface area (Å²) in [6.45, 7) is 1.11. The molecule has 0 atom stereocenters. The summed E-state index contributed by atoms with van der Waals surface area (Å²) in [4.78, 5) is 11.5. The molecule has 1 aromatic heterocycles. The zero-order valence-electron chi connectivity index (χ0n) is 11.5. The number of ether oxygens (including phenoxy) is 1. The molecule has 2 heterocycles. The summed E-state index contributed by atoms with van der Waals surface area (Å²) in [5.41, 5.74) is 0.822. The van der Waals surface area contributed by atoms with Crippen molar-refractivity contribution in [2.75, 3.05) is 13.2 Å². The molecule has 114 valence electrons. The number of aromatic nitrogens is 1. The van der Waals surface area contributed by atoms with Gasteiger partial charge in [0.1, 0.15) is 0 Å². The van der Waals surface area contributed by atoms with E-state index in [0.29, 0.717) is 31.6 Å². The Morgan fingerprint density at radius 2 is 2.00 bits per heavy atom. The Hall–Kier alpha value is -1.64. The van der Waals surface area contributed by atoms with Gasteiger partial charge in [0.2, 0.25) is 10.0 Å². The van der Waals surface area contributed by atoms with E-state index in [4.69, 9.17) is 9.15 Å². The van der Waals surface area contributed by atoms with Crippen molar-refractivity contribution in [3.05, 3.63) is 28.7 Å². The van der Waals surface area contributed by atoms with Gasteiger partial charge in [-0.15, -0.1) is 0 Å². The number of nitrogens with one attached hydrogen (secondary N) is 1. The summed E-state index contributed by atoms with van der Waals surface area (Å²) in [5.74, 6) is -0.517. The predicted molar refractivity (Wildman–Crippen MR) is 75.6 cm³/mol. The Morgan fingerprint density at radius 3 is 2.71 bits per heavy atom. The smallest absolute Gasteiger partial charge is 0.408 e. The molecule has 1 N–H and O–H groups in total. The molecule has 0 saturated carbocycles. The summed E-state index contributed by atoms with van der Waals surface area (Å²) in [7, 11) is -2.06. The molecule has 1 aliphatic rings. The highest BCUT2D eigenvalue weighted by molar-refractivity contribution is 7.89. The molecule has 1 saturated heterocycles. The number of aryl methyl sites for hydroxylation is 1. The molecule has 0 aliphatic carbocycles. The Morgan fingerprint density at radius 1 is 1.29 bits per heavy atom. The van der Waals surface area contributed by atoms with Gasteiger partial charge in [-0.3, -0.25) is 4.57 Å². The zero-order chi connectivity index (χ0) is 15.0. The van der Waals surface area contributed by atoms with Crippen molar-refractivity contribution < 1.29 is 17.6 Å². The molecule has 0 amide bonds. The summed E-state index contributed by atoms with van der Waals surface area (Å²) >= 11 is 0. The molecule has 1 aromatic carbocycles. The molecule has 1 aliphatic heterocycles. The molecule has 8 heteroatoms. The van der Waals surface area contributed by atoms with Crippen molar-refractivity contribution in [3.63, 3.8) is 0 Å². The minimum atomic E-state index is -3.63. The predicted octanol–water partition coefficient (Wildman–Crippen LogP) is 0.589. The maximum absolute atomic E-state index is 12.4. The van der Waals surface area contributed by atoms with Crippen LogP contribution in [0.4, 0.5) is 0 Å². The molecule has 1 fully saturated rings. The van der Waals surface area contributed by atoms with E-state index in [-0.39, 0.29) is 16.5 Å². The molecule has 21 heavy (non-hydrogen) atoms. The van der Waals surface area contributed by atoms with Crippen molar-refractivity contribution in [2.24, 2.45) is 7.05 Å².